The molecule has 1 aliphatic heterocycles. The number of likely N-dealkylation sites (tertiary alicyclic amines) is 1. The van der Waals surface area contributed by atoms with Crippen LogP contribution in [0.25, 0.3) is 0 Å². The lowest BCUT2D eigenvalue weighted by molar-refractivity contribution is -0.134. The Balaban J connectivity index is 2.72. The number of rotatable bonds is 4. The van der Waals surface area contributed by atoms with Gasteiger partial charge in [0.05, 0.1) is 6.26 Å². The summed E-state index contributed by atoms with van der Waals surface area (Å²) in [6, 6.07) is -0.636. The van der Waals surface area contributed by atoms with Crippen LogP contribution < -0.4 is 4.72 Å². The lowest BCUT2D eigenvalue weighted by atomic mass is 10.0. The van der Waals surface area contributed by atoms with Gasteiger partial charge in [0.25, 0.3) is 0 Å². The summed E-state index contributed by atoms with van der Waals surface area (Å²) in [5.41, 5.74) is 0. The lowest BCUT2D eigenvalue weighted by Crippen LogP contribution is -2.52. The summed E-state index contributed by atoms with van der Waals surface area (Å²) >= 11 is 0. The average Bonchev–Trinajstić information content (AvgIpc) is 2.25. The number of nitrogens with zero attached hydrogens (tertiary/aromatic N) is 1. The van der Waals surface area contributed by atoms with E-state index in [0.29, 0.717) is 0 Å². The highest BCUT2D eigenvalue weighted by Gasteiger charge is 2.29. The molecule has 5 nitrogen and oxygen atoms in total. The molecule has 1 aliphatic rings. The van der Waals surface area contributed by atoms with Gasteiger partial charge >= 0.3 is 0 Å². The Bertz CT molecular complexity index is 359. The molecule has 1 amide bonds. The van der Waals surface area contributed by atoms with Gasteiger partial charge in [0.1, 0.15) is 6.04 Å². The van der Waals surface area contributed by atoms with Gasteiger partial charge < -0.3 is 4.90 Å². The Morgan fingerprint density at radius 3 is 2.12 bits per heavy atom. The normalized spacial score (nSPS) is 19.4. The van der Waals surface area contributed by atoms with Crippen LogP contribution in [-0.2, 0) is 14.8 Å². The zero-order chi connectivity index (χ0) is 13.1. The SMILES string of the molecule is CC(C)[C@H](NS(C)(=O)=O)C(=O)N1CCCCC1. The molecule has 0 aromatic carbocycles. The van der Waals surface area contributed by atoms with Crippen LogP contribution in [0.15, 0.2) is 0 Å². The van der Waals surface area contributed by atoms with Crippen LogP contribution in [-0.4, -0.2) is 44.6 Å². The lowest BCUT2D eigenvalue weighted by Gasteiger charge is -2.31. The molecule has 0 saturated carbocycles. The third-order valence-electron chi connectivity index (χ3n) is 2.94. The van der Waals surface area contributed by atoms with Crippen molar-refractivity contribution in [1.82, 2.24) is 9.62 Å². The van der Waals surface area contributed by atoms with E-state index in [1.165, 1.54) is 0 Å². The number of nitrogens with one attached hydrogen (secondary N) is 1. The standard InChI is InChI=1S/C11H22N2O3S/c1-9(2)10(12-17(3,15)16)11(14)13-7-5-4-6-8-13/h9-10,12H,4-8H2,1-3H3/t10-/m0/s1. The van der Waals surface area contributed by atoms with Crippen molar-refractivity contribution in [1.29, 1.82) is 0 Å². The number of hydrogen-bond acceptors (Lipinski definition) is 3. The molecule has 1 rings (SSSR count). The van der Waals surface area contributed by atoms with Gasteiger partial charge in [-0.15, -0.1) is 0 Å². The molecule has 0 aromatic heterocycles. The van der Waals surface area contributed by atoms with Gasteiger partial charge in [-0.3, -0.25) is 4.79 Å². The number of hydrogen-bond donors (Lipinski definition) is 1. The maximum Gasteiger partial charge on any atom is 0.241 e. The van der Waals surface area contributed by atoms with Crippen LogP contribution in [0.4, 0.5) is 0 Å². The van der Waals surface area contributed by atoms with Crippen LogP contribution in [0.2, 0.25) is 0 Å². The summed E-state index contributed by atoms with van der Waals surface area (Å²) in [4.78, 5) is 14.0. The Morgan fingerprint density at radius 1 is 1.18 bits per heavy atom. The second kappa shape index (κ2) is 5.82. The van der Waals surface area contributed by atoms with E-state index in [-0.39, 0.29) is 11.8 Å². The number of amides is 1. The van der Waals surface area contributed by atoms with Gasteiger partial charge in [-0.25, -0.2) is 13.1 Å². The predicted molar refractivity (Wildman–Crippen MR) is 67.0 cm³/mol. The quantitative estimate of drug-likeness (QED) is 0.805. The van der Waals surface area contributed by atoms with E-state index in [9.17, 15) is 13.2 Å². The molecule has 1 N–H and O–H groups in total. The van der Waals surface area contributed by atoms with Crippen molar-refractivity contribution in [2.45, 2.75) is 39.2 Å². The maximum atomic E-state index is 12.2. The topological polar surface area (TPSA) is 66.5 Å². The molecule has 1 fully saturated rings. The molecule has 0 spiro atoms. The highest BCUT2D eigenvalue weighted by atomic mass is 32.2. The van der Waals surface area contributed by atoms with Gasteiger partial charge in [0.15, 0.2) is 0 Å². The summed E-state index contributed by atoms with van der Waals surface area (Å²) in [6.07, 6.45) is 4.26. The molecule has 6 heteroatoms. The zero-order valence-electron chi connectivity index (χ0n) is 10.8. The Morgan fingerprint density at radius 2 is 1.71 bits per heavy atom. The Kier molecular flexibility index (Phi) is 4.94. The second-order valence-corrected chi connectivity index (χ2v) is 6.78. The van der Waals surface area contributed by atoms with Gasteiger partial charge in [-0.2, -0.15) is 0 Å². The van der Waals surface area contributed by atoms with Crippen LogP contribution in [0.5, 0.6) is 0 Å². The molecule has 1 atom stereocenters. The number of carbonyl (C=O) groups is 1. The molecule has 1 saturated heterocycles. The molecule has 1 heterocycles. The molecule has 0 aliphatic carbocycles. The number of carbonyl (C=O) groups excluding carboxylic acids is 1. The third-order valence-corrected chi connectivity index (χ3v) is 3.62. The first-order valence-corrected chi connectivity index (χ1v) is 7.96. The first kappa shape index (κ1) is 14.4. The molecule has 17 heavy (non-hydrogen) atoms. The van der Waals surface area contributed by atoms with Crippen molar-refractivity contribution in [2.24, 2.45) is 5.92 Å². The van der Waals surface area contributed by atoms with Crippen LogP contribution in [0.3, 0.4) is 0 Å². The summed E-state index contributed by atoms with van der Waals surface area (Å²) in [5, 5.41) is 0. The van der Waals surface area contributed by atoms with E-state index >= 15 is 0 Å². The molecule has 100 valence electrons. The van der Waals surface area contributed by atoms with Crippen molar-refractivity contribution in [3.63, 3.8) is 0 Å². The Hall–Kier alpha value is -0.620. The van der Waals surface area contributed by atoms with E-state index in [2.05, 4.69) is 4.72 Å². The van der Waals surface area contributed by atoms with Gasteiger partial charge in [-0.1, -0.05) is 13.8 Å². The summed E-state index contributed by atoms with van der Waals surface area (Å²) in [6.45, 7) is 5.19. The fourth-order valence-electron chi connectivity index (χ4n) is 2.01. The van der Waals surface area contributed by atoms with Crippen molar-refractivity contribution >= 4 is 15.9 Å². The first-order valence-electron chi connectivity index (χ1n) is 6.07. The summed E-state index contributed by atoms with van der Waals surface area (Å²) in [5.74, 6) is -0.135. The molecule has 0 aromatic rings. The average molecular weight is 262 g/mol. The number of piperidine rings is 1. The molecular weight excluding hydrogens is 240 g/mol. The monoisotopic (exact) mass is 262 g/mol. The van der Waals surface area contributed by atoms with E-state index in [1.54, 1.807) is 4.90 Å². The maximum absolute atomic E-state index is 12.2. The zero-order valence-corrected chi connectivity index (χ0v) is 11.6. The highest BCUT2D eigenvalue weighted by molar-refractivity contribution is 7.88. The van der Waals surface area contributed by atoms with Crippen molar-refractivity contribution in [3.05, 3.63) is 0 Å². The fraction of sp³-hybridized carbons (Fsp3) is 0.909. The van der Waals surface area contributed by atoms with Crippen LogP contribution >= 0.6 is 0 Å². The molecule has 0 radical (unpaired) electrons. The van der Waals surface area contributed by atoms with Gasteiger partial charge in [0.2, 0.25) is 15.9 Å². The van der Waals surface area contributed by atoms with Crippen molar-refractivity contribution in [3.8, 4) is 0 Å². The smallest absolute Gasteiger partial charge is 0.241 e. The highest BCUT2D eigenvalue weighted by Crippen LogP contribution is 2.13. The predicted octanol–water partition coefficient (Wildman–Crippen LogP) is 0.573. The summed E-state index contributed by atoms with van der Waals surface area (Å²) in [7, 11) is -3.35. The summed E-state index contributed by atoms with van der Waals surface area (Å²) < 4.78 is 24.9. The second-order valence-electron chi connectivity index (χ2n) is 5.00. The van der Waals surface area contributed by atoms with E-state index in [4.69, 9.17) is 0 Å². The first-order chi connectivity index (χ1) is 7.81. The Labute approximate surface area is 104 Å². The largest absolute Gasteiger partial charge is 0.341 e. The van der Waals surface area contributed by atoms with E-state index in [1.807, 2.05) is 13.8 Å². The minimum atomic E-state index is -3.35. The molecule has 0 unspecified atom stereocenters. The van der Waals surface area contributed by atoms with E-state index in [0.717, 1.165) is 38.6 Å². The van der Waals surface area contributed by atoms with Crippen LogP contribution in [0.1, 0.15) is 33.1 Å². The van der Waals surface area contributed by atoms with Crippen molar-refractivity contribution < 1.29 is 13.2 Å². The fourth-order valence-corrected chi connectivity index (χ4v) is 2.85. The van der Waals surface area contributed by atoms with Gasteiger partial charge in [0, 0.05) is 13.1 Å². The molecular formula is C11H22N2O3S. The van der Waals surface area contributed by atoms with E-state index < -0.39 is 16.1 Å². The minimum Gasteiger partial charge on any atom is -0.341 e. The van der Waals surface area contributed by atoms with Crippen LogP contribution in [0, 0.1) is 5.92 Å². The third kappa shape index (κ3) is 4.63. The minimum absolute atomic E-state index is 0.0425. The van der Waals surface area contributed by atoms with Gasteiger partial charge in [-0.05, 0) is 25.2 Å². The molecule has 0 bridgehead atoms. The van der Waals surface area contributed by atoms with Crippen molar-refractivity contribution in [2.75, 3.05) is 19.3 Å². The number of sulfonamides is 1.